The topological polar surface area (TPSA) is 45.1 Å². The van der Waals surface area contributed by atoms with Crippen molar-refractivity contribution >= 4 is 34.8 Å². The molecule has 2 aromatic rings. The highest BCUT2D eigenvalue weighted by atomic mass is 35.5. The van der Waals surface area contributed by atoms with Crippen molar-refractivity contribution in [3.05, 3.63) is 59.1 Å². The van der Waals surface area contributed by atoms with Crippen molar-refractivity contribution < 1.29 is 14.5 Å². The van der Waals surface area contributed by atoms with E-state index in [9.17, 15) is 9.59 Å². The lowest BCUT2D eigenvalue weighted by atomic mass is 10.1. The van der Waals surface area contributed by atoms with Crippen LogP contribution in [0.3, 0.4) is 0 Å². The van der Waals surface area contributed by atoms with Crippen molar-refractivity contribution in [1.82, 2.24) is 0 Å². The van der Waals surface area contributed by atoms with E-state index in [-0.39, 0.29) is 17.9 Å². The summed E-state index contributed by atoms with van der Waals surface area (Å²) >= 11 is 5.97. The number of carbonyl (C=O) groups is 2. The van der Waals surface area contributed by atoms with E-state index in [1.165, 1.54) is 9.80 Å². The number of hydrogen-bond donors (Lipinski definition) is 1. The number of amides is 2. The molecule has 2 saturated heterocycles. The minimum Gasteiger partial charge on any atom is -0.360 e. The van der Waals surface area contributed by atoms with Gasteiger partial charge in [0, 0.05) is 10.7 Å². The number of aryl methyl sites for hydroxylation is 1. The number of halogens is 1. The van der Waals surface area contributed by atoms with Crippen molar-refractivity contribution in [3.63, 3.8) is 0 Å². The van der Waals surface area contributed by atoms with Crippen molar-refractivity contribution in [2.24, 2.45) is 0 Å². The van der Waals surface area contributed by atoms with Gasteiger partial charge in [-0.3, -0.25) is 9.59 Å². The average molecular weight is 385 g/mol. The zero-order chi connectivity index (χ0) is 19.0. The van der Waals surface area contributed by atoms with Gasteiger partial charge in [0.1, 0.15) is 0 Å². The highest BCUT2D eigenvalue weighted by Crippen LogP contribution is 2.23. The molecule has 0 radical (unpaired) electrons. The molecule has 0 spiro atoms. The highest BCUT2D eigenvalue weighted by molar-refractivity contribution is 6.30. The van der Waals surface area contributed by atoms with Gasteiger partial charge in [-0.1, -0.05) is 23.7 Å². The number of quaternary nitrogens is 1. The third kappa shape index (κ3) is 3.57. The highest BCUT2D eigenvalue weighted by Gasteiger charge is 2.46. The first kappa shape index (κ1) is 18.0. The number of rotatable bonds is 3. The van der Waals surface area contributed by atoms with Crippen LogP contribution in [0.2, 0.25) is 5.02 Å². The van der Waals surface area contributed by atoms with Gasteiger partial charge < -0.3 is 9.80 Å². The molecular weight excluding hydrogens is 362 g/mol. The summed E-state index contributed by atoms with van der Waals surface area (Å²) in [5.74, 6) is -0.163. The van der Waals surface area contributed by atoms with E-state index >= 15 is 0 Å². The molecule has 2 heterocycles. The summed E-state index contributed by atoms with van der Waals surface area (Å²) < 4.78 is 0. The number of piperazine rings is 1. The van der Waals surface area contributed by atoms with Crippen molar-refractivity contribution in [2.75, 3.05) is 36.0 Å². The van der Waals surface area contributed by atoms with Gasteiger partial charge >= 0.3 is 0 Å². The molecule has 2 aliphatic rings. The molecule has 1 unspecified atom stereocenters. The fraction of sp³-hybridized carbons (Fsp3) is 0.333. The molecule has 2 fully saturated rings. The van der Waals surface area contributed by atoms with E-state index in [1.807, 2.05) is 55.5 Å². The lowest BCUT2D eigenvalue weighted by Crippen LogP contribution is -3.19. The molecule has 0 aromatic heterocycles. The first-order chi connectivity index (χ1) is 13.0. The Balaban J connectivity index is 1.44. The molecule has 4 rings (SSSR count). The normalized spacial score (nSPS) is 21.2. The van der Waals surface area contributed by atoms with Crippen LogP contribution in [0, 0.1) is 6.92 Å². The van der Waals surface area contributed by atoms with E-state index in [0.29, 0.717) is 12.1 Å². The fourth-order valence-corrected chi connectivity index (χ4v) is 4.17. The molecule has 2 aliphatic heterocycles. The number of hydrogen-bond acceptors (Lipinski definition) is 3. The first-order valence-corrected chi connectivity index (χ1v) is 9.69. The number of imide groups is 1. The summed E-state index contributed by atoms with van der Waals surface area (Å²) in [6, 6.07) is 15.2. The van der Waals surface area contributed by atoms with Crippen LogP contribution in [0.25, 0.3) is 0 Å². The van der Waals surface area contributed by atoms with Crippen LogP contribution in [-0.2, 0) is 9.59 Å². The molecule has 0 bridgehead atoms. The Labute approximate surface area is 164 Å². The Morgan fingerprint density at radius 1 is 1.00 bits per heavy atom. The minimum absolute atomic E-state index is 0.0689. The predicted octanol–water partition coefficient (Wildman–Crippen LogP) is 1.69. The van der Waals surface area contributed by atoms with Crippen molar-refractivity contribution in [2.45, 2.75) is 19.4 Å². The third-order valence-corrected chi connectivity index (χ3v) is 5.75. The number of nitrogens with zero attached hydrogens (tertiary/aromatic N) is 2. The molecule has 5 nitrogen and oxygen atoms in total. The molecule has 2 amide bonds. The van der Waals surface area contributed by atoms with Gasteiger partial charge in [-0.2, -0.15) is 0 Å². The summed E-state index contributed by atoms with van der Waals surface area (Å²) in [6.45, 7) is 5.37. The number of anilines is 2. The monoisotopic (exact) mass is 384 g/mol. The Morgan fingerprint density at radius 3 is 2.37 bits per heavy atom. The number of carbonyl (C=O) groups excluding carboxylic acids is 2. The second-order valence-corrected chi connectivity index (χ2v) is 7.72. The maximum Gasteiger partial charge on any atom is 0.292 e. The SMILES string of the molecule is Cc1cccc(N2C(=O)CC([NH+]3CCN(c4ccc(Cl)cc4)CC3)C2=O)c1. The van der Waals surface area contributed by atoms with Gasteiger partial charge in [-0.15, -0.1) is 0 Å². The minimum atomic E-state index is -0.273. The first-order valence-electron chi connectivity index (χ1n) is 9.31. The van der Waals surface area contributed by atoms with Crippen LogP contribution in [0.4, 0.5) is 11.4 Å². The molecular formula is C21H23ClN3O2+. The summed E-state index contributed by atoms with van der Waals surface area (Å²) in [4.78, 5) is 30.4. The molecule has 0 aliphatic carbocycles. The molecule has 140 valence electrons. The van der Waals surface area contributed by atoms with E-state index < -0.39 is 0 Å². The largest absolute Gasteiger partial charge is 0.360 e. The average Bonchev–Trinajstić information content (AvgIpc) is 2.97. The van der Waals surface area contributed by atoms with Crippen LogP contribution in [0.15, 0.2) is 48.5 Å². The van der Waals surface area contributed by atoms with Crippen LogP contribution >= 0.6 is 11.6 Å². The Hall–Kier alpha value is -2.37. The lowest BCUT2D eigenvalue weighted by molar-refractivity contribution is -0.915. The van der Waals surface area contributed by atoms with Crippen molar-refractivity contribution in [3.8, 4) is 0 Å². The van der Waals surface area contributed by atoms with Gasteiger partial charge in [0.25, 0.3) is 5.91 Å². The van der Waals surface area contributed by atoms with Crippen LogP contribution in [-0.4, -0.2) is 44.0 Å². The molecule has 0 saturated carbocycles. The Morgan fingerprint density at radius 2 is 1.70 bits per heavy atom. The quantitative estimate of drug-likeness (QED) is 0.819. The molecule has 1 atom stereocenters. The van der Waals surface area contributed by atoms with Gasteiger partial charge in [-0.25, -0.2) is 4.90 Å². The number of benzene rings is 2. The maximum absolute atomic E-state index is 13.0. The molecule has 2 aromatic carbocycles. The van der Waals surface area contributed by atoms with Gasteiger partial charge in [-0.05, 0) is 48.9 Å². The second kappa shape index (κ2) is 7.33. The molecule has 6 heteroatoms. The Kier molecular flexibility index (Phi) is 4.89. The van der Waals surface area contributed by atoms with E-state index in [1.54, 1.807) is 0 Å². The van der Waals surface area contributed by atoms with E-state index in [0.717, 1.165) is 42.5 Å². The molecule has 1 N–H and O–H groups in total. The van der Waals surface area contributed by atoms with E-state index in [4.69, 9.17) is 11.6 Å². The van der Waals surface area contributed by atoms with E-state index in [2.05, 4.69) is 4.90 Å². The summed E-state index contributed by atoms with van der Waals surface area (Å²) in [5, 5.41) is 0.731. The zero-order valence-corrected chi connectivity index (χ0v) is 16.1. The van der Waals surface area contributed by atoms with Crippen molar-refractivity contribution in [1.29, 1.82) is 0 Å². The standard InChI is InChI=1S/C21H22ClN3O2/c1-15-3-2-4-18(13-15)25-20(26)14-19(21(25)27)24-11-9-23(10-12-24)17-7-5-16(22)6-8-17/h2-8,13,19H,9-12,14H2,1H3/p+1. The summed E-state index contributed by atoms with van der Waals surface area (Å²) in [7, 11) is 0. The van der Waals surface area contributed by atoms with Gasteiger partial charge in [0.15, 0.2) is 6.04 Å². The zero-order valence-electron chi connectivity index (χ0n) is 15.3. The fourth-order valence-electron chi connectivity index (χ4n) is 4.04. The summed E-state index contributed by atoms with van der Waals surface area (Å²) in [6.07, 6.45) is 0.295. The number of nitrogens with one attached hydrogen (secondary N) is 1. The summed E-state index contributed by atoms with van der Waals surface area (Å²) in [5.41, 5.74) is 2.88. The second-order valence-electron chi connectivity index (χ2n) is 7.28. The van der Waals surface area contributed by atoms with Crippen LogP contribution < -0.4 is 14.7 Å². The van der Waals surface area contributed by atoms with Crippen LogP contribution in [0.1, 0.15) is 12.0 Å². The lowest BCUT2D eigenvalue weighted by Gasteiger charge is -2.35. The maximum atomic E-state index is 13.0. The van der Waals surface area contributed by atoms with Gasteiger partial charge in [0.05, 0.1) is 38.3 Å². The van der Waals surface area contributed by atoms with Crippen LogP contribution in [0.5, 0.6) is 0 Å². The smallest absolute Gasteiger partial charge is 0.292 e. The van der Waals surface area contributed by atoms with Gasteiger partial charge in [0.2, 0.25) is 5.91 Å². The Bertz CT molecular complexity index is 860. The predicted molar refractivity (Wildman–Crippen MR) is 106 cm³/mol. The molecule has 27 heavy (non-hydrogen) atoms. The third-order valence-electron chi connectivity index (χ3n) is 5.50.